The lowest BCUT2D eigenvalue weighted by molar-refractivity contribution is -0.123. The molecule has 0 aliphatic heterocycles. The highest BCUT2D eigenvalue weighted by atomic mass is 16.2. The second-order valence-corrected chi connectivity index (χ2v) is 4.79. The molecule has 0 saturated heterocycles. The Morgan fingerprint density at radius 1 is 1.43 bits per heavy atom. The van der Waals surface area contributed by atoms with Crippen molar-refractivity contribution in [1.29, 1.82) is 0 Å². The highest BCUT2D eigenvalue weighted by molar-refractivity contribution is 5.96. The number of likely N-dealkylation sites (N-methyl/N-ethyl adjacent to an activating group) is 1. The molecule has 0 spiro atoms. The van der Waals surface area contributed by atoms with Crippen molar-refractivity contribution in [2.24, 2.45) is 11.5 Å². The Morgan fingerprint density at radius 2 is 2.10 bits per heavy atom. The number of nitrogens with two attached hydrogens (primary N) is 2. The zero-order valence-corrected chi connectivity index (χ0v) is 12.6. The number of hydrogen-bond acceptors (Lipinski definition) is 5. The molecule has 0 aliphatic carbocycles. The Kier molecular flexibility index (Phi) is 6.83. The number of primary amides is 1. The highest BCUT2D eigenvalue weighted by Crippen LogP contribution is 2.06. The molecular formula is C13H24N6O2. The number of amides is 2. The molecule has 1 atom stereocenters. The number of aromatic nitrogens is 2. The van der Waals surface area contributed by atoms with Crippen molar-refractivity contribution < 1.29 is 9.59 Å². The van der Waals surface area contributed by atoms with Crippen LogP contribution in [0.2, 0.25) is 0 Å². The lowest BCUT2D eigenvalue weighted by atomic mass is 10.2. The van der Waals surface area contributed by atoms with Gasteiger partial charge >= 0.3 is 0 Å². The van der Waals surface area contributed by atoms with Crippen molar-refractivity contribution in [3.05, 3.63) is 12.4 Å². The van der Waals surface area contributed by atoms with Crippen molar-refractivity contribution in [2.75, 3.05) is 25.0 Å². The Morgan fingerprint density at radius 3 is 2.67 bits per heavy atom. The first-order valence-corrected chi connectivity index (χ1v) is 7.05. The summed E-state index contributed by atoms with van der Waals surface area (Å²) in [6, 6.07) is -0.943. The van der Waals surface area contributed by atoms with E-state index < -0.39 is 17.9 Å². The van der Waals surface area contributed by atoms with Gasteiger partial charge in [-0.05, 0) is 13.1 Å². The van der Waals surface area contributed by atoms with E-state index in [1.54, 1.807) is 17.1 Å². The van der Waals surface area contributed by atoms with Crippen LogP contribution in [0.4, 0.5) is 5.69 Å². The molecule has 1 rings (SSSR count). The highest BCUT2D eigenvalue weighted by Gasteiger charge is 2.16. The first-order chi connectivity index (χ1) is 9.96. The minimum Gasteiger partial charge on any atom is -0.370 e. The quantitative estimate of drug-likeness (QED) is 0.560. The predicted molar refractivity (Wildman–Crippen MR) is 80.4 cm³/mol. The van der Waals surface area contributed by atoms with Gasteiger partial charge in [0.1, 0.15) is 0 Å². The second kappa shape index (κ2) is 8.38. The predicted octanol–water partition coefficient (Wildman–Crippen LogP) is -0.634. The van der Waals surface area contributed by atoms with Crippen LogP contribution in [0, 0.1) is 0 Å². The largest absolute Gasteiger partial charge is 0.370 e. The van der Waals surface area contributed by atoms with Crippen LogP contribution in [0.5, 0.6) is 0 Å². The molecule has 1 unspecified atom stereocenters. The number of nitrogens with zero attached hydrogens (tertiary/aromatic N) is 3. The summed E-state index contributed by atoms with van der Waals surface area (Å²) in [5.74, 6) is -1.05. The number of carbonyl (C=O) groups is 2. The van der Waals surface area contributed by atoms with Crippen molar-refractivity contribution >= 4 is 17.5 Å². The first kappa shape index (κ1) is 17.1. The van der Waals surface area contributed by atoms with E-state index in [0.29, 0.717) is 5.69 Å². The molecule has 8 nitrogen and oxygen atoms in total. The van der Waals surface area contributed by atoms with Crippen molar-refractivity contribution in [3.8, 4) is 0 Å². The van der Waals surface area contributed by atoms with Crippen LogP contribution in [-0.4, -0.2) is 52.2 Å². The van der Waals surface area contributed by atoms with Gasteiger partial charge in [0.15, 0.2) is 0 Å². The van der Waals surface area contributed by atoms with Crippen LogP contribution in [0.1, 0.15) is 20.3 Å². The van der Waals surface area contributed by atoms with Gasteiger partial charge in [0.05, 0.1) is 30.9 Å². The van der Waals surface area contributed by atoms with Crippen molar-refractivity contribution in [3.63, 3.8) is 0 Å². The lowest BCUT2D eigenvalue weighted by Gasteiger charge is -2.17. The van der Waals surface area contributed by atoms with Gasteiger partial charge in [0.25, 0.3) is 0 Å². The van der Waals surface area contributed by atoms with Crippen molar-refractivity contribution in [1.82, 2.24) is 14.7 Å². The van der Waals surface area contributed by atoms with Gasteiger partial charge in [0.2, 0.25) is 11.8 Å². The molecule has 0 aliphatic rings. The second-order valence-electron chi connectivity index (χ2n) is 4.79. The maximum atomic E-state index is 11.7. The van der Waals surface area contributed by atoms with Crippen LogP contribution in [0.25, 0.3) is 0 Å². The zero-order chi connectivity index (χ0) is 15.8. The number of nitrogens with one attached hydrogen (secondary N) is 1. The van der Waals surface area contributed by atoms with Gasteiger partial charge < -0.3 is 21.7 Å². The summed E-state index contributed by atoms with van der Waals surface area (Å²) in [6.45, 7) is 7.83. The van der Waals surface area contributed by atoms with Crippen LogP contribution in [0.15, 0.2) is 12.4 Å². The molecule has 1 aromatic rings. The topological polar surface area (TPSA) is 119 Å². The standard InChI is InChI=1S/C13H24N6O2/c1-3-18(4-2)5-6-19-9-10(8-16-19)17-13(21)11(14)7-12(15)20/h8-9,11H,3-7,14H2,1-2H3,(H2,15,20)(H,17,21). The maximum absolute atomic E-state index is 11.7. The van der Waals surface area contributed by atoms with E-state index in [0.717, 1.165) is 26.2 Å². The normalized spacial score (nSPS) is 12.4. The number of anilines is 1. The molecule has 0 fully saturated rings. The van der Waals surface area contributed by atoms with Crippen molar-refractivity contribution in [2.45, 2.75) is 32.9 Å². The maximum Gasteiger partial charge on any atom is 0.241 e. The molecule has 118 valence electrons. The summed E-state index contributed by atoms with van der Waals surface area (Å²) in [5.41, 5.74) is 11.1. The summed E-state index contributed by atoms with van der Waals surface area (Å²) < 4.78 is 1.76. The van der Waals surface area contributed by atoms with Gasteiger partial charge in [-0.3, -0.25) is 14.3 Å². The van der Waals surface area contributed by atoms with E-state index in [1.165, 1.54) is 0 Å². The van der Waals surface area contributed by atoms with E-state index >= 15 is 0 Å². The third kappa shape index (κ3) is 5.92. The van der Waals surface area contributed by atoms with Crippen LogP contribution < -0.4 is 16.8 Å². The number of carbonyl (C=O) groups excluding carboxylic acids is 2. The summed E-state index contributed by atoms with van der Waals surface area (Å²) in [4.78, 5) is 24.7. The Labute approximate surface area is 124 Å². The van der Waals surface area contributed by atoms with Crippen LogP contribution in [0.3, 0.4) is 0 Å². The monoisotopic (exact) mass is 296 g/mol. The molecule has 0 bridgehead atoms. The van der Waals surface area contributed by atoms with Gasteiger partial charge in [-0.2, -0.15) is 5.10 Å². The SMILES string of the molecule is CCN(CC)CCn1cc(NC(=O)C(N)CC(N)=O)cn1. The molecule has 2 amide bonds. The van der Waals surface area contributed by atoms with Crippen LogP contribution >= 0.6 is 0 Å². The van der Waals surface area contributed by atoms with E-state index in [2.05, 4.69) is 29.2 Å². The fraction of sp³-hybridized carbons (Fsp3) is 0.615. The van der Waals surface area contributed by atoms with Gasteiger partial charge in [-0.15, -0.1) is 0 Å². The van der Waals surface area contributed by atoms with Crippen LogP contribution in [-0.2, 0) is 16.1 Å². The summed E-state index contributed by atoms with van der Waals surface area (Å²) in [6.07, 6.45) is 3.11. The van der Waals surface area contributed by atoms with Gasteiger partial charge in [-0.1, -0.05) is 13.8 Å². The molecule has 8 heteroatoms. The number of rotatable bonds is 9. The van der Waals surface area contributed by atoms with E-state index in [1.807, 2.05) is 0 Å². The van der Waals surface area contributed by atoms with Gasteiger partial charge in [0, 0.05) is 12.7 Å². The minimum absolute atomic E-state index is 0.179. The first-order valence-electron chi connectivity index (χ1n) is 7.05. The zero-order valence-electron chi connectivity index (χ0n) is 12.6. The van der Waals surface area contributed by atoms with Gasteiger partial charge in [-0.25, -0.2) is 0 Å². The third-order valence-electron chi connectivity index (χ3n) is 3.20. The summed E-state index contributed by atoms with van der Waals surface area (Å²) in [7, 11) is 0. The number of hydrogen-bond donors (Lipinski definition) is 3. The summed E-state index contributed by atoms with van der Waals surface area (Å²) in [5, 5.41) is 6.79. The van der Waals surface area contributed by atoms with E-state index in [9.17, 15) is 9.59 Å². The molecule has 0 saturated carbocycles. The molecule has 1 heterocycles. The van der Waals surface area contributed by atoms with E-state index in [4.69, 9.17) is 11.5 Å². The molecule has 5 N–H and O–H groups in total. The summed E-state index contributed by atoms with van der Waals surface area (Å²) >= 11 is 0. The molecular weight excluding hydrogens is 272 g/mol. The minimum atomic E-state index is -0.943. The average molecular weight is 296 g/mol. The third-order valence-corrected chi connectivity index (χ3v) is 3.20. The smallest absolute Gasteiger partial charge is 0.241 e. The Bertz CT molecular complexity index is 469. The molecule has 21 heavy (non-hydrogen) atoms. The van der Waals surface area contributed by atoms with E-state index in [-0.39, 0.29) is 6.42 Å². The Balaban J connectivity index is 2.47. The molecule has 1 aromatic heterocycles. The fourth-order valence-corrected chi connectivity index (χ4v) is 1.88. The fourth-order valence-electron chi connectivity index (χ4n) is 1.88. The average Bonchev–Trinajstić information content (AvgIpc) is 2.86. The Hall–Kier alpha value is -1.93. The molecule has 0 aromatic carbocycles. The molecule has 0 radical (unpaired) electrons. The lowest BCUT2D eigenvalue weighted by Crippen LogP contribution is -2.38.